The van der Waals surface area contributed by atoms with E-state index in [0.717, 1.165) is 6.42 Å². The number of carbonyl (C=O) groups excluding carboxylic acids is 1. The summed E-state index contributed by atoms with van der Waals surface area (Å²) in [6, 6.07) is 4.77. The molecule has 0 bridgehead atoms. The summed E-state index contributed by atoms with van der Waals surface area (Å²) in [5.41, 5.74) is 0.224. The van der Waals surface area contributed by atoms with Crippen LogP contribution in [0.4, 0.5) is 11.4 Å². The third-order valence-corrected chi connectivity index (χ3v) is 2.64. The van der Waals surface area contributed by atoms with Gasteiger partial charge in [0.15, 0.2) is 5.75 Å². The molecule has 7 heteroatoms. The molecule has 0 radical (unpaired) electrons. The molecule has 7 nitrogen and oxygen atoms in total. The average Bonchev–Trinajstić information content (AvgIpc) is 2.44. The van der Waals surface area contributed by atoms with Gasteiger partial charge in [0, 0.05) is 19.5 Å². The van der Waals surface area contributed by atoms with Crippen molar-refractivity contribution in [2.45, 2.75) is 19.8 Å². The number of hydrogen-bond acceptors (Lipinski definition) is 5. The lowest BCUT2D eigenvalue weighted by Crippen LogP contribution is -2.25. The summed E-state index contributed by atoms with van der Waals surface area (Å²) in [6.45, 7) is 2.93. The second kappa shape index (κ2) is 7.98. The zero-order valence-corrected chi connectivity index (χ0v) is 11.6. The number of hydrogen-bond donors (Lipinski definition) is 2. The average molecular weight is 281 g/mol. The van der Waals surface area contributed by atoms with Gasteiger partial charge < -0.3 is 15.4 Å². The molecule has 1 aromatic carbocycles. The first-order chi connectivity index (χ1) is 9.60. The van der Waals surface area contributed by atoms with Crippen LogP contribution in [0.3, 0.4) is 0 Å². The third kappa shape index (κ3) is 4.42. The fourth-order valence-corrected chi connectivity index (χ4v) is 1.68. The highest BCUT2D eigenvalue weighted by molar-refractivity contribution is 5.77. The van der Waals surface area contributed by atoms with Crippen molar-refractivity contribution >= 4 is 17.3 Å². The van der Waals surface area contributed by atoms with Gasteiger partial charge in [0.05, 0.1) is 12.0 Å². The van der Waals surface area contributed by atoms with Crippen molar-refractivity contribution in [2.24, 2.45) is 0 Å². The summed E-state index contributed by atoms with van der Waals surface area (Å²) >= 11 is 0. The van der Waals surface area contributed by atoms with Crippen LogP contribution in [-0.4, -0.2) is 31.0 Å². The number of ether oxygens (including phenoxy) is 1. The van der Waals surface area contributed by atoms with E-state index in [9.17, 15) is 14.9 Å². The molecule has 20 heavy (non-hydrogen) atoms. The third-order valence-electron chi connectivity index (χ3n) is 2.64. The van der Waals surface area contributed by atoms with Gasteiger partial charge in [-0.2, -0.15) is 0 Å². The largest absolute Gasteiger partial charge is 0.490 e. The lowest BCUT2D eigenvalue weighted by atomic mass is 10.2. The Kier molecular flexibility index (Phi) is 6.28. The van der Waals surface area contributed by atoms with Gasteiger partial charge in [0.2, 0.25) is 5.91 Å². The number of benzene rings is 1. The Morgan fingerprint density at radius 1 is 1.40 bits per heavy atom. The molecule has 1 amide bonds. The predicted octanol–water partition coefficient (Wildman–Crippen LogP) is 1.93. The summed E-state index contributed by atoms with van der Waals surface area (Å²) in [7, 11) is 1.38. The smallest absolute Gasteiger partial charge is 0.333 e. The first-order valence-corrected chi connectivity index (χ1v) is 6.42. The molecule has 0 aliphatic carbocycles. The van der Waals surface area contributed by atoms with Crippen LogP contribution in [-0.2, 0) is 4.79 Å². The van der Waals surface area contributed by atoms with Crippen molar-refractivity contribution in [3.63, 3.8) is 0 Å². The van der Waals surface area contributed by atoms with Gasteiger partial charge >= 0.3 is 5.69 Å². The van der Waals surface area contributed by atoms with Gasteiger partial charge in [-0.05, 0) is 18.6 Å². The molecule has 0 saturated carbocycles. The summed E-state index contributed by atoms with van der Waals surface area (Å²) in [5, 5.41) is 16.7. The number of nitro groups is 1. The number of nitrogens with one attached hydrogen (secondary N) is 2. The molecule has 0 saturated heterocycles. The van der Waals surface area contributed by atoms with E-state index in [0.29, 0.717) is 18.8 Å². The Bertz CT molecular complexity index is 477. The molecule has 0 spiro atoms. The highest BCUT2D eigenvalue weighted by atomic mass is 16.6. The van der Waals surface area contributed by atoms with E-state index in [4.69, 9.17) is 4.74 Å². The maximum Gasteiger partial charge on any atom is 0.333 e. The van der Waals surface area contributed by atoms with Crippen LogP contribution in [0.15, 0.2) is 18.2 Å². The van der Waals surface area contributed by atoms with E-state index >= 15 is 0 Å². The van der Waals surface area contributed by atoms with E-state index in [1.54, 1.807) is 12.1 Å². The molecule has 1 aromatic rings. The van der Waals surface area contributed by atoms with E-state index in [-0.39, 0.29) is 23.8 Å². The zero-order chi connectivity index (χ0) is 15.0. The fourth-order valence-electron chi connectivity index (χ4n) is 1.68. The molecule has 0 unspecified atom stereocenters. The molecule has 0 heterocycles. The lowest BCUT2D eigenvalue weighted by Gasteiger charge is -2.09. The van der Waals surface area contributed by atoms with Crippen molar-refractivity contribution in [3.8, 4) is 5.75 Å². The molecule has 2 N–H and O–H groups in total. The van der Waals surface area contributed by atoms with Gasteiger partial charge in [-0.15, -0.1) is 0 Å². The van der Waals surface area contributed by atoms with Crippen molar-refractivity contribution in [2.75, 3.05) is 25.5 Å². The van der Waals surface area contributed by atoms with Crippen LogP contribution < -0.4 is 15.4 Å². The van der Waals surface area contributed by atoms with Crippen molar-refractivity contribution in [1.82, 2.24) is 5.32 Å². The SMILES string of the molecule is CCCNC(=O)CCNc1cccc(OC)c1[N+](=O)[O-]. The topological polar surface area (TPSA) is 93.5 Å². The Labute approximate surface area is 117 Å². The van der Waals surface area contributed by atoms with Crippen LogP contribution in [0.5, 0.6) is 5.75 Å². The second-order valence-electron chi connectivity index (χ2n) is 4.14. The first-order valence-electron chi connectivity index (χ1n) is 6.42. The monoisotopic (exact) mass is 281 g/mol. The van der Waals surface area contributed by atoms with E-state index in [1.807, 2.05) is 6.92 Å². The number of rotatable bonds is 8. The molecule has 0 aliphatic heterocycles. The van der Waals surface area contributed by atoms with Gasteiger partial charge in [0.25, 0.3) is 0 Å². The molecule has 110 valence electrons. The molecular weight excluding hydrogens is 262 g/mol. The van der Waals surface area contributed by atoms with Crippen molar-refractivity contribution in [3.05, 3.63) is 28.3 Å². The maximum absolute atomic E-state index is 11.4. The number of nitrogens with zero attached hydrogens (tertiary/aromatic N) is 1. The van der Waals surface area contributed by atoms with Crippen molar-refractivity contribution in [1.29, 1.82) is 0 Å². The summed E-state index contributed by atoms with van der Waals surface area (Å²) in [6.07, 6.45) is 1.13. The Hall–Kier alpha value is -2.31. The quantitative estimate of drug-likeness (QED) is 0.561. The predicted molar refractivity (Wildman–Crippen MR) is 76.1 cm³/mol. The van der Waals surface area contributed by atoms with Crippen molar-refractivity contribution < 1.29 is 14.5 Å². The molecule has 0 atom stereocenters. The number of nitro benzene ring substituents is 1. The standard InChI is InChI=1S/C13H19N3O4/c1-3-8-15-12(17)7-9-14-10-5-4-6-11(20-2)13(10)16(18)19/h4-6,14H,3,7-9H2,1-2H3,(H,15,17). The van der Waals surface area contributed by atoms with Crippen LogP contribution in [0.25, 0.3) is 0 Å². The summed E-state index contributed by atoms with van der Waals surface area (Å²) < 4.78 is 4.97. The van der Waals surface area contributed by atoms with Gasteiger partial charge in [0.1, 0.15) is 5.69 Å². The van der Waals surface area contributed by atoms with E-state index < -0.39 is 4.92 Å². The maximum atomic E-state index is 11.4. The number of anilines is 1. The molecule has 0 fully saturated rings. The highest BCUT2D eigenvalue weighted by Gasteiger charge is 2.20. The van der Waals surface area contributed by atoms with E-state index in [1.165, 1.54) is 13.2 Å². The van der Waals surface area contributed by atoms with Gasteiger partial charge in [-0.3, -0.25) is 14.9 Å². The van der Waals surface area contributed by atoms with Gasteiger partial charge in [-0.25, -0.2) is 0 Å². The molecule has 1 rings (SSSR count). The second-order valence-corrected chi connectivity index (χ2v) is 4.14. The van der Waals surface area contributed by atoms with Crippen LogP contribution in [0.1, 0.15) is 19.8 Å². The molecule has 0 aromatic heterocycles. The van der Waals surface area contributed by atoms with Gasteiger partial charge in [-0.1, -0.05) is 13.0 Å². The number of methoxy groups -OCH3 is 1. The highest BCUT2D eigenvalue weighted by Crippen LogP contribution is 2.34. The Balaban J connectivity index is 2.64. The molecular formula is C13H19N3O4. The Morgan fingerprint density at radius 3 is 2.75 bits per heavy atom. The fraction of sp³-hybridized carbons (Fsp3) is 0.462. The summed E-state index contributed by atoms with van der Waals surface area (Å²) in [4.78, 5) is 22.0. The van der Waals surface area contributed by atoms with Crippen LogP contribution >= 0.6 is 0 Å². The zero-order valence-electron chi connectivity index (χ0n) is 11.6. The number of carbonyl (C=O) groups is 1. The van der Waals surface area contributed by atoms with Crippen LogP contribution in [0, 0.1) is 10.1 Å². The minimum Gasteiger partial charge on any atom is -0.490 e. The first kappa shape index (κ1) is 15.7. The summed E-state index contributed by atoms with van der Waals surface area (Å²) in [5.74, 6) is 0.111. The van der Waals surface area contributed by atoms with Crippen LogP contribution in [0.2, 0.25) is 0 Å². The normalized spacial score (nSPS) is 9.90. The molecule has 0 aliphatic rings. The Morgan fingerprint density at radius 2 is 2.15 bits per heavy atom. The number of amides is 1. The number of para-hydroxylation sites is 1. The lowest BCUT2D eigenvalue weighted by molar-refractivity contribution is -0.384. The minimum atomic E-state index is -0.502. The van der Waals surface area contributed by atoms with E-state index in [2.05, 4.69) is 10.6 Å². The minimum absolute atomic E-state index is 0.0788.